The maximum Gasteiger partial charge on any atom is 0.270 e. The van der Waals surface area contributed by atoms with E-state index in [4.69, 9.17) is 0 Å². The van der Waals surface area contributed by atoms with Crippen LogP contribution >= 0.6 is 11.8 Å². The number of aromatic nitrogens is 4. The zero-order valence-electron chi connectivity index (χ0n) is 16.8. The van der Waals surface area contributed by atoms with Crippen LogP contribution in [-0.4, -0.2) is 42.7 Å². The maximum absolute atomic E-state index is 12.2. The fourth-order valence-corrected chi connectivity index (χ4v) is 3.87. The average molecular weight is 436 g/mol. The third kappa shape index (κ3) is 4.48. The summed E-state index contributed by atoms with van der Waals surface area (Å²) in [5.41, 5.74) is 1.83. The highest BCUT2D eigenvalue weighted by Gasteiger charge is 2.17. The second kappa shape index (κ2) is 9.09. The number of nitrogens with one attached hydrogen (secondary N) is 1. The van der Waals surface area contributed by atoms with Crippen molar-refractivity contribution in [3.05, 3.63) is 58.6 Å². The van der Waals surface area contributed by atoms with Gasteiger partial charge in [0.2, 0.25) is 5.91 Å². The summed E-state index contributed by atoms with van der Waals surface area (Å²) in [7, 11) is 0. The third-order valence-electron chi connectivity index (χ3n) is 4.65. The van der Waals surface area contributed by atoms with Crippen molar-refractivity contribution in [1.29, 1.82) is 0 Å². The minimum Gasteiger partial charge on any atom is -0.355 e. The van der Waals surface area contributed by atoms with E-state index >= 15 is 0 Å². The van der Waals surface area contributed by atoms with Crippen molar-refractivity contribution < 1.29 is 9.72 Å². The van der Waals surface area contributed by atoms with Crippen molar-refractivity contribution in [2.45, 2.75) is 24.9 Å². The number of hydrogen-bond acceptors (Lipinski definition) is 7. The molecule has 0 aliphatic heterocycles. The molecule has 1 N–H and O–H groups in total. The third-order valence-corrected chi connectivity index (χ3v) is 5.58. The molecule has 0 fully saturated rings. The molecular formula is C21H20N6O3S. The Morgan fingerprint density at radius 1 is 1.19 bits per heavy atom. The van der Waals surface area contributed by atoms with Crippen LogP contribution in [0.2, 0.25) is 0 Å². The summed E-state index contributed by atoms with van der Waals surface area (Å²) in [5, 5.41) is 19.9. The maximum atomic E-state index is 12.2. The molecule has 0 saturated carbocycles. The first-order valence-electron chi connectivity index (χ1n) is 9.86. The molecule has 0 unspecified atom stereocenters. The van der Waals surface area contributed by atoms with Gasteiger partial charge in [-0.15, -0.1) is 5.10 Å². The van der Waals surface area contributed by atoms with Crippen LogP contribution in [-0.2, 0) is 4.79 Å². The normalized spacial score (nSPS) is 11.1. The number of rotatable bonds is 8. The minimum absolute atomic E-state index is 0.0299. The van der Waals surface area contributed by atoms with Gasteiger partial charge in [-0.25, -0.2) is 9.97 Å². The molecule has 2 aromatic carbocycles. The summed E-state index contributed by atoms with van der Waals surface area (Å²) in [5.74, 6) is 0.493. The monoisotopic (exact) mass is 436 g/mol. The highest BCUT2D eigenvalue weighted by atomic mass is 32.2. The zero-order chi connectivity index (χ0) is 21.8. The van der Waals surface area contributed by atoms with Crippen LogP contribution in [0.25, 0.3) is 27.9 Å². The van der Waals surface area contributed by atoms with Crippen LogP contribution in [0.4, 0.5) is 5.69 Å². The first-order chi connectivity index (χ1) is 15.1. The van der Waals surface area contributed by atoms with Crippen LogP contribution in [0.5, 0.6) is 0 Å². The average Bonchev–Trinajstić information content (AvgIpc) is 3.24. The smallest absolute Gasteiger partial charge is 0.270 e. The van der Waals surface area contributed by atoms with E-state index in [-0.39, 0.29) is 17.3 Å². The van der Waals surface area contributed by atoms with Gasteiger partial charge in [0.25, 0.3) is 5.69 Å². The molecule has 158 valence electrons. The standard InChI is InChI=1S/C21H20N6O3S/c1-2-3-11-22-18(28)13-31-21-23-17-10-5-4-9-16(17)20-24-19(25-26(20)21)14-7-6-8-15(12-14)27(29)30/h4-10,12H,2-3,11,13H2,1H3,(H,22,28). The lowest BCUT2D eigenvalue weighted by molar-refractivity contribution is -0.384. The summed E-state index contributed by atoms with van der Waals surface area (Å²) >= 11 is 1.28. The molecule has 4 rings (SSSR count). The number of fused-ring (bicyclic) bond motifs is 3. The Morgan fingerprint density at radius 2 is 2.03 bits per heavy atom. The number of hydrogen-bond donors (Lipinski definition) is 1. The van der Waals surface area contributed by atoms with Crippen LogP contribution in [0.15, 0.2) is 53.7 Å². The van der Waals surface area contributed by atoms with Gasteiger partial charge in [-0.05, 0) is 18.6 Å². The van der Waals surface area contributed by atoms with Crippen LogP contribution in [0.3, 0.4) is 0 Å². The molecule has 4 aromatic rings. The van der Waals surface area contributed by atoms with Gasteiger partial charge in [0.15, 0.2) is 16.6 Å². The minimum atomic E-state index is -0.450. The number of carbonyl (C=O) groups is 1. The number of nitro groups is 1. The number of unbranched alkanes of at least 4 members (excludes halogenated alkanes) is 1. The second-order valence-electron chi connectivity index (χ2n) is 6.88. The number of benzene rings is 2. The first-order valence-corrected chi connectivity index (χ1v) is 10.8. The number of carbonyl (C=O) groups excluding carboxylic acids is 1. The lowest BCUT2D eigenvalue weighted by atomic mass is 10.2. The molecule has 0 aliphatic rings. The highest BCUT2D eigenvalue weighted by molar-refractivity contribution is 7.99. The topological polar surface area (TPSA) is 115 Å². The molecule has 10 heteroatoms. The van der Waals surface area contributed by atoms with Gasteiger partial charge in [0.1, 0.15) is 0 Å². The van der Waals surface area contributed by atoms with E-state index in [9.17, 15) is 14.9 Å². The Hall–Kier alpha value is -3.53. The van der Waals surface area contributed by atoms with Gasteiger partial charge >= 0.3 is 0 Å². The quantitative estimate of drug-likeness (QED) is 0.147. The summed E-state index contributed by atoms with van der Waals surface area (Å²) in [6.07, 6.45) is 1.95. The molecule has 0 spiro atoms. The van der Waals surface area contributed by atoms with Gasteiger partial charge in [0, 0.05) is 29.6 Å². The fraction of sp³-hybridized carbons (Fsp3) is 0.238. The Morgan fingerprint density at radius 3 is 2.84 bits per heavy atom. The lowest BCUT2D eigenvalue weighted by Crippen LogP contribution is -2.26. The molecule has 2 heterocycles. The van der Waals surface area contributed by atoms with Crippen molar-refractivity contribution in [1.82, 2.24) is 24.9 Å². The molecular weight excluding hydrogens is 416 g/mol. The Balaban J connectivity index is 1.73. The lowest BCUT2D eigenvalue weighted by Gasteiger charge is -2.06. The van der Waals surface area contributed by atoms with Gasteiger partial charge in [-0.2, -0.15) is 4.52 Å². The van der Waals surface area contributed by atoms with E-state index in [2.05, 4.69) is 27.3 Å². The predicted molar refractivity (Wildman–Crippen MR) is 119 cm³/mol. The zero-order valence-corrected chi connectivity index (χ0v) is 17.6. The van der Waals surface area contributed by atoms with Gasteiger partial charge in [-0.3, -0.25) is 14.9 Å². The molecule has 1 amide bonds. The summed E-state index contributed by atoms with van der Waals surface area (Å²) in [4.78, 5) is 32.1. The molecule has 0 aliphatic carbocycles. The van der Waals surface area contributed by atoms with Gasteiger partial charge in [0.05, 0.1) is 16.2 Å². The van der Waals surface area contributed by atoms with Gasteiger partial charge in [-0.1, -0.05) is 49.4 Å². The van der Waals surface area contributed by atoms with Crippen molar-refractivity contribution >= 4 is 39.9 Å². The number of amides is 1. The molecule has 0 bridgehead atoms. The van der Waals surface area contributed by atoms with Crippen LogP contribution in [0, 0.1) is 10.1 Å². The molecule has 0 atom stereocenters. The summed E-state index contributed by atoms with van der Waals surface area (Å²) < 4.78 is 1.60. The van der Waals surface area contributed by atoms with E-state index < -0.39 is 4.92 Å². The van der Waals surface area contributed by atoms with Crippen LogP contribution < -0.4 is 5.32 Å². The molecule has 2 aromatic heterocycles. The van der Waals surface area contributed by atoms with E-state index in [1.54, 1.807) is 16.6 Å². The Bertz CT molecular complexity index is 1270. The number of nitro benzene ring substituents is 1. The summed E-state index contributed by atoms with van der Waals surface area (Å²) in [6.45, 7) is 2.72. The number of nitrogens with zero attached hydrogens (tertiary/aromatic N) is 5. The van der Waals surface area contributed by atoms with E-state index in [1.807, 2.05) is 24.3 Å². The van der Waals surface area contributed by atoms with Crippen molar-refractivity contribution in [2.75, 3.05) is 12.3 Å². The van der Waals surface area contributed by atoms with Gasteiger partial charge < -0.3 is 5.32 Å². The van der Waals surface area contributed by atoms with E-state index in [1.165, 1.54) is 23.9 Å². The largest absolute Gasteiger partial charge is 0.355 e. The molecule has 0 radical (unpaired) electrons. The van der Waals surface area contributed by atoms with Crippen molar-refractivity contribution in [2.24, 2.45) is 0 Å². The van der Waals surface area contributed by atoms with Crippen molar-refractivity contribution in [3.63, 3.8) is 0 Å². The number of non-ortho nitro benzene ring substituents is 1. The molecule has 31 heavy (non-hydrogen) atoms. The first kappa shape index (κ1) is 20.7. The highest BCUT2D eigenvalue weighted by Crippen LogP contribution is 2.27. The number of para-hydroxylation sites is 1. The Kier molecular flexibility index (Phi) is 6.08. The van der Waals surface area contributed by atoms with Crippen molar-refractivity contribution in [3.8, 4) is 11.4 Å². The Labute approximate surface area is 182 Å². The molecule has 0 saturated heterocycles. The SMILES string of the molecule is CCCCNC(=O)CSc1nc2ccccc2c2nc(-c3cccc([N+](=O)[O-])c3)nn12. The van der Waals surface area contributed by atoms with E-state index in [0.29, 0.717) is 28.7 Å². The summed E-state index contributed by atoms with van der Waals surface area (Å²) in [6, 6.07) is 13.7. The molecule has 9 nitrogen and oxygen atoms in total. The predicted octanol–water partition coefficient (Wildman–Crippen LogP) is 3.86. The fourth-order valence-electron chi connectivity index (χ4n) is 3.09. The second-order valence-corrected chi connectivity index (χ2v) is 7.82. The number of thioether (sulfide) groups is 1. The van der Waals surface area contributed by atoms with Crippen LogP contribution in [0.1, 0.15) is 19.8 Å². The van der Waals surface area contributed by atoms with E-state index in [0.717, 1.165) is 23.7 Å².